The largest absolute Gasteiger partial charge is 0.344 e. The molecular weight excluding hydrogens is 324 g/mol. The lowest BCUT2D eigenvalue weighted by atomic mass is 10.1. The zero-order valence-electron chi connectivity index (χ0n) is 13.6. The van der Waals surface area contributed by atoms with Crippen LogP contribution in [0, 0.1) is 0 Å². The Hall–Kier alpha value is -2.53. The highest BCUT2D eigenvalue weighted by atomic mass is 35.5. The van der Waals surface area contributed by atoms with Gasteiger partial charge in [0.15, 0.2) is 5.69 Å². The molecular formula is C18H19ClN4O. The third-order valence-corrected chi connectivity index (χ3v) is 4.18. The van der Waals surface area contributed by atoms with Crippen LogP contribution in [0.2, 0.25) is 5.02 Å². The molecule has 24 heavy (non-hydrogen) atoms. The highest BCUT2D eigenvalue weighted by Gasteiger charge is 2.18. The van der Waals surface area contributed by atoms with Crippen molar-refractivity contribution in [3.05, 3.63) is 71.3 Å². The Kier molecular flexibility index (Phi) is 4.71. The number of carbonyl (C=O) groups excluding carboxylic acids is 1. The second-order valence-corrected chi connectivity index (χ2v) is 5.97. The van der Waals surface area contributed by atoms with E-state index in [-0.39, 0.29) is 17.6 Å². The molecule has 0 fully saturated rings. The van der Waals surface area contributed by atoms with E-state index >= 15 is 0 Å². The van der Waals surface area contributed by atoms with E-state index in [0.29, 0.717) is 11.6 Å². The molecule has 1 atom stereocenters. The monoisotopic (exact) mass is 342 g/mol. The number of benzene rings is 1. The van der Waals surface area contributed by atoms with E-state index in [9.17, 15) is 4.79 Å². The molecule has 1 amide bonds. The Labute approximate surface area is 145 Å². The van der Waals surface area contributed by atoms with Crippen molar-refractivity contribution < 1.29 is 4.79 Å². The fourth-order valence-electron chi connectivity index (χ4n) is 2.50. The standard InChI is InChI=1S/C18H19ClN4O/c1-3-23-12-16(19)17(21-23)18(24)20-13(2)14-6-8-15(9-7-14)22-10-4-5-11-22/h4-13H,3H2,1-2H3,(H,20,24). The fourth-order valence-corrected chi connectivity index (χ4v) is 2.74. The van der Waals surface area contributed by atoms with Crippen LogP contribution in [0.3, 0.4) is 0 Å². The normalized spacial score (nSPS) is 12.1. The first-order chi connectivity index (χ1) is 11.6. The predicted octanol–water partition coefficient (Wildman–Crippen LogP) is 3.84. The van der Waals surface area contributed by atoms with E-state index in [1.807, 2.05) is 67.2 Å². The molecule has 0 spiro atoms. The summed E-state index contributed by atoms with van der Waals surface area (Å²) in [6.07, 6.45) is 5.64. The first-order valence-electron chi connectivity index (χ1n) is 7.85. The highest BCUT2D eigenvalue weighted by Crippen LogP contribution is 2.18. The van der Waals surface area contributed by atoms with E-state index in [4.69, 9.17) is 11.6 Å². The van der Waals surface area contributed by atoms with Gasteiger partial charge in [-0.2, -0.15) is 5.10 Å². The van der Waals surface area contributed by atoms with Crippen LogP contribution in [-0.2, 0) is 6.54 Å². The van der Waals surface area contributed by atoms with Crippen molar-refractivity contribution in [1.29, 1.82) is 0 Å². The lowest BCUT2D eigenvalue weighted by molar-refractivity contribution is 0.0934. The first kappa shape index (κ1) is 16.3. The molecule has 1 N–H and O–H groups in total. The fraction of sp³-hybridized carbons (Fsp3) is 0.222. The van der Waals surface area contributed by atoms with Gasteiger partial charge in [-0.1, -0.05) is 23.7 Å². The summed E-state index contributed by atoms with van der Waals surface area (Å²) in [6, 6.07) is 11.9. The SMILES string of the molecule is CCn1cc(Cl)c(C(=O)NC(C)c2ccc(-n3cccc3)cc2)n1. The molecule has 1 unspecified atom stereocenters. The molecule has 3 rings (SSSR count). The maximum absolute atomic E-state index is 12.4. The van der Waals surface area contributed by atoms with Crippen molar-refractivity contribution in [2.75, 3.05) is 0 Å². The number of nitrogens with one attached hydrogen (secondary N) is 1. The van der Waals surface area contributed by atoms with E-state index in [1.165, 1.54) is 0 Å². The number of hydrogen-bond donors (Lipinski definition) is 1. The molecule has 0 saturated carbocycles. The van der Waals surface area contributed by atoms with Crippen LogP contribution >= 0.6 is 11.6 Å². The molecule has 0 bridgehead atoms. The van der Waals surface area contributed by atoms with Crippen molar-refractivity contribution in [2.45, 2.75) is 26.4 Å². The third kappa shape index (κ3) is 3.36. The van der Waals surface area contributed by atoms with Crippen molar-refractivity contribution in [2.24, 2.45) is 0 Å². The average molecular weight is 343 g/mol. The van der Waals surface area contributed by atoms with Gasteiger partial charge in [-0.25, -0.2) is 0 Å². The maximum atomic E-state index is 12.4. The molecule has 0 saturated heterocycles. The number of amides is 1. The molecule has 2 heterocycles. The molecule has 0 aliphatic heterocycles. The zero-order chi connectivity index (χ0) is 17.1. The van der Waals surface area contributed by atoms with Crippen molar-refractivity contribution in [3.8, 4) is 5.69 Å². The maximum Gasteiger partial charge on any atom is 0.273 e. The first-order valence-corrected chi connectivity index (χ1v) is 8.23. The number of carbonyl (C=O) groups is 1. The molecule has 0 radical (unpaired) electrons. The third-order valence-electron chi connectivity index (χ3n) is 3.90. The summed E-state index contributed by atoms with van der Waals surface area (Å²) in [6.45, 7) is 4.55. The Morgan fingerprint density at radius 3 is 2.50 bits per heavy atom. The Bertz CT molecular complexity index is 821. The van der Waals surface area contributed by atoms with Gasteiger partial charge in [0, 0.05) is 30.8 Å². The van der Waals surface area contributed by atoms with Gasteiger partial charge in [-0.05, 0) is 43.7 Å². The summed E-state index contributed by atoms with van der Waals surface area (Å²) in [5.41, 5.74) is 2.35. The van der Waals surface area contributed by atoms with Crippen LogP contribution in [0.15, 0.2) is 55.0 Å². The van der Waals surface area contributed by atoms with Crippen LogP contribution in [0.4, 0.5) is 0 Å². The molecule has 6 heteroatoms. The predicted molar refractivity (Wildman–Crippen MR) is 94.6 cm³/mol. The van der Waals surface area contributed by atoms with Gasteiger partial charge in [0.25, 0.3) is 5.91 Å². The molecule has 1 aromatic carbocycles. The summed E-state index contributed by atoms with van der Waals surface area (Å²) in [5, 5.41) is 7.50. The van der Waals surface area contributed by atoms with E-state index in [2.05, 4.69) is 10.4 Å². The minimum absolute atomic E-state index is 0.140. The Morgan fingerprint density at radius 2 is 1.92 bits per heavy atom. The molecule has 124 valence electrons. The van der Waals surface area contributed by atoms with Gasteiger partial charge in [0.1, 0.15) is 0 Å². The van der Waals surface area contributed by atoms with Crippen LogP contribution in [0.5, 0.6) is 0 Å². The van der Waals surface area contributed by atoms with Crippen LogP contribution < -0.4 is 5.32 Å². The van der Waals surface area contributed by atoms with Crippen molar-refractivity contribution in [3.63, 3.8) is 0 Å². The number of aromatic nitrogens is 3. The van der Waals surface area contributed by atoms with Crippen LogP contribution in [0.1, 0.15) is 35.9 Å². The number of aryl methyl sites for hydroxylation is 1. The summed E-state index contributed by atoms with van der Waals surface area (Å²) >= 11 is 6.08. The molecule has 2 aromatic heterocycles. The van der Waals surface area contributed by atoms with Gasteiger partial charge in [0.2, 0.25) is 0 Å². The molecule has 0 aliphatic rings. The van der Waals surface area contributed by atoms with Crippen LogP contribution in [-0.4, -0.2) is 20.3 Å². The summed E-state index contributed by atoms with van der Waals surface area (Å²) in [7, 11) is 0. The van der Waals surface area contributed by atoms with Gasteiger partial charge in [-0.3, -0.25) is 9.48 Å². The number of rotatable bonds is 5. The zero-order valence-corrected chi connectivity index (χ0v) is 14.4. The topological polar surface area (TPSA) is 51.9 Å². The second-order valence-electron chi connectivity index (χ2n) is 5.56. The lowest BCUT2D eigenvalue weighted by Crippen LogP contribution is -2.27. The van der Waals surface area contributed by atoms with Gasteiger partial charge >= 0.3 is 0 Å². The summed E-state index contributed by atoms with van der Waals surface area (Å²) < 4.78 is 3.68. The van der Waals surface area contributed by atoms with Gasteiger partial charge in [-0.15, -0.1) is 0 Å². The minimum atomic E-state index is -0.269. The van der Waals surface area contributed by atoms with E-state index in [0.717, 1.165) is 11.3 Å². The highest BCUT2D eigenvalue weighted by molar-refractivity contribution is 6.33. The number of halogens is 1. The number of hydrogen-bond acceptors (Lipinski definition) is 2. The molecule has 3 aromatic rings. The van der Waals surface area contributed by atoms with E-state index in [1.54, 1.807) is 10.9 Å². The summed E-state index contributed by atoms with van der Waals surface area (Å²) in [5.74, 6) is -0.269. The summed E-state index contributed by atoms with van der Waals surface area (Å²) in [4.78, 5) is 12.4. The van der Waals surface area contributed by atoms with Gasteiger partial charge < -0.3 is 9.88 Å². The van der Waals surface area contributed by atoms with E-state index < -0.39 is 0 Å². The molecule has 0 aliphatic carbocycles. The van der Waals surface area contributed by atoms with Crippen LogP contribution in [0.25, 0.3) is 5.69 Å². The molecule has 5 nitrogen and oxygen atoms in total. The lowest BCUT2D eigenvalue weighted by Gasteiger charge is -2.14. The average Bonchev–Trinajstić information content (AvgIpc) is 3.24. The Morgan fingerprint density at radius 1 is 1.25 bits per heavy atom. The second kappa shape index (κ2) is 6.93. The Balaban J connectivity index is 1.71. The smallest absolute Gasteiger partial charge is 0.273 e. The van der Waals surface area contributed by atoms with Crippen molar-refractivity contribution in [1.82, 2.24) is 19.7 Å². The minimum Gasteiger partial charge on any atom is -0.344 e. The quantitative estimate of drug-likeness (QED) is 0.766. The number of nitrogens with zero attached hydrogens (tertiary/aromatic N) is 3. The van der Waals surface area contributed by atoms with Crippen molar-refractivity contribution >= 4 is 17.5 Å². The van der Waals surface area contributed by atoms with Gasteiger partial charge in [0.05, 0.1) is 11.1 Å².